The third kappa shape index (κ3) is 2.53. The van der Waals surface area contributed by atoms with Gasteiger partial charge in [0.1, 0.15) is 0 Å². The predicted molar refractivity (Wildman–Crippen MR) is 90.1 cm³/mol. The summed E-state index contributed by atoms with van der Waals surface area (Å²) < 4.78 is 31.6. The summed E-state index contributed by atoms with van der Waals surface area (Å²) in [6.07, 6.45) is 3.51. The van der Waals surface area contributed by atoms with Crippen LogP contribution in [-0.2, 0) is 14.8 Å². The molecule has 0 bridgehead atoms. The molecule has 0 saturated carbocycles. The molecule has 2 aromatic carbocycles. The van der Waals surface area contributed by atoms with Crippen molar-refractivity contribution >= 4 is 21.8 Å². The van der Waals surface area contributed by atoms with Gasteiger partial charge in [-0.25, -0.2) is 13.2 Å². The molecule has 1 aliphatic heterocycles. The monoisotopic (exact) mass is 341 g/mol. The van der Waals surface area contributed by atoms with E-state index in [1.54, 1.807) is 30.3 Å². The molecule has 0 N–H and O–H groups in total. The summed E-state index contributed by atoms with van der Waals surface area (Å²) in [5.74, 6) is 2.37. The lowest BCUT2D eigenvalue weighted by atomic mass is 10.0. The van der Waals surface area contributed by atoms with Gasteiger partial charge in [0.2, 0.25) is 0 Å². The van der Waals surface area contributed by atoms with E-state index in [2.05, 4.69) is 5.92 Å². The second-order valence-electron chi connectivity index (χ2n) is 5.58. The van der Waals surface area contributed by atoms with Gasteiger partial charge >= 0.3 is 6.09 Å². The number of terminal acetylenes is 1. The molecule has 6 heteroatoms. The Morgan fingerprint density at radius 3 is 2.33 bits per heavy atom. The molecule has 1 heterocycles. The van der Waals surface area contributed by atoms with E-state index in [4.69, 9.17) is 11.2 Å². The summed E-state index contributed by atoms with van der Waals surface area (Å²) in [7, 11) is -4.10. The summed E-state index contributed by atoms with van der Waals surface area (Å²) in [5.41, 5.74) is 2.51. The van der Waals surface area contributed by atoms with Crippen LogP contribution in [0.4, 0.5) is 10.5 Å². The maximum absolute atomic E-state index is 12.9. The average molecular weight is 341 g/mol. The minimum absolute atomic E-state index is 0.00994. The van der Waals surface area contributed by atoms with Gasteiger partial charge in [0, 0.05) is 5.56 Å². The van der Waals surface area contributed by atoms with Crippen molar-refractivity contribution in [1.29, 1.82) is 0 Å². The summed E-state index contributed by atoms with van der Waals surface area (Å²) in [6, 6.07) is 11.3. The van der Waals surface area contributed by atoms with Crippen LogP contribution >= 0.6 is 0 Å². The summed E-state index contributed by atoms with van der Waals surface area (Å²) >= 11 is 0. The molecule has 2 aromatic rings. The van der Waals surface area contributed by atoms with Crippen molar-refractivity contribution in [2.45, 2.75) is 24.8 Å². The number of cyclic esters (lactones) is 1. The van der Waals surface area contributed by atoms with Gasteiger partial charge in [-0.05, 0) is 38.1 Å². The van der Waals surface area contributed by atoms with Crippen molar-refractivity contribution in [3.63, 3.8) is 0 Å². The van der Waals surface area contributed by atoms with Gasteiger partial charge in [0.25, 0.3) is 10.0 Å². The van der Waals surface area contributed by atoms with Crippen LogP contribution in [0.25, 0.3) is 0 Å². The summed E-state index contributed by atoms with van der Waals surface area (Å²) in [4.78, 5) is 12.3. The van der Waals surface area contributed by atoms with E-state index < -0.39 is 22.2 Å². The number of carbonyl (C=O) groups excluding carboxylic acids is 1. The highest BCUT2D eigenvalue weighted by Gasteiger charge is 2.40. The number of hydrogen-bond donors (Lipinski definition) is 0. The highest BCUT2D eigenvalue weighted by Crippen LogP contribution is 2.38. The number of amides is 1. The van der Waals surface area contributed by atoms with Gasteiger partial charge in [-0.3, -0.25) is 0 Å². The number of rotatable bonds is 2. The van der Waals surface area contributed by atoms with Gasteiger partial charge in [-0.15, -0.1) is 6.42 Å². The van der Waals surface area contributed by atoms with Crippen LogP contribution in [0.2, 0.25) is 0 Å². The van der Waals surface area contributed by atoms with Gasteiger partial charge in [0.05, 0.1) is 10.6 Å². The fourth-order valence-corrected chi connectivity index (χ4v) is 3.90. The van der Waals surface area contributed by atoms with Crippen molar-refractivity contribution in [3.8, 4) is 12.3 Å². The molecule has 0 aromatic heterocycles. The predicted octanol–water partition coefficient (Wildman–Crippen LogP) is 3.32. The number of nitrogens with zero attached hydrogens (tertiary/aromatic N) is 1. The Bertz CT molecular complexity index is 956. The molecule has 0 aliphatic carbocycles. The van der Waals surface area contributed by atoms with Crippen molar-refractivity contribution < 1.29 is 17.9 Å². The molecule has 1 atom stereocenters. The van der Waals surface area contributed by atoms with E-state index in [0.717, 1.165) is 11.1 Å². The first-order valence-corrected chi connectivity index (χ1v) is 8.68. The topological polar surface area (TPSA) is 63.7 Å². The van der Waals surface area contributed by atoms with Gasteiger partial charge < -0.3 is 4.74 Å². The van der Waals surface area contributed by atoms with Crippen LogP contribution in [-0.4, -0.2) is 14.5 Å². The van der Waals surface area contributed by atoms with Crippen LogP contribution in [0.5, 0.6) is 0 Å². The van der Waals surface area contributed by atoms with Gasteiger partial charge in [0.15, 0.2) is 6.10 Å². The molecule has 1 unspecified atom stereocenters. The third-order valence-electron chi connectivity index (χ3n) is 3.78. The number of hydrogen-bond acceptors (Lipinski definition) is 4. The number of anilines is 1. The standard InChI is InChI=1S/C18H15NO4S/c1-4-17-15-11-13(3)7-10-16(15)19(18(20)23-17)24(21,22)14-8-5-12(2)6-9-14/h1,5-11,17H,2-3H3. The zero-order chi connectivity index (χ0) is 17.5. The number of aryl methyl sites for hydroxylation is 2. The van der Waals surface area contributed by atoms with Crippen LogP contribution in [0.15, 0.2) is 47.4 Å². The number of fused-ring (bicyclic) bond motifs is 1. The highest BCUT2D eigenvalue weighted by atomic mass is 32.2. The average Bonchev–Trinajstić information content (AvgIpc) is 2.54. The van der Waals surface area contributed by atoms with Crippen molar-refractivity contribution in [2.75, 3.05) is 4.31 Å². The Labute approximate surface area is 140 Å². The number of sulfonamides is 1. The van der Waals surface area contributed by atoms with Crippen molar-refractivity contribution in [2.24, 2.45) is 0 Å². The first-order chi connectivity index (χ1) is 11.3. The third-order valence-corrected chi connectivity index (χ3v) is 5.47. The molecule has 0 saturated heterocycles. The SMILES string of the molecule is C#CC1OC(=O)N(S(=O)(=O)c2ccc(C)cc2)c2ccc(C)cc21. The minimum atomic E-state index is -4.10. The Kier molecular flexibility index (Phi) is 3.82. The molecule has 1 aliphatic rings. The molecule has 0 fully saturated rings. The fourth-order valence-electron chi connectivity index (χ4n) is 2.55. The van der Waals surface area contributed by atoms with Gasteiger partial charge in [-0.1, -0.05) is 35.2 Å². The Morgan fingerprint density at radius 2 is 1.71 bits per heavy atom. The quantitative estimate of drug-likeness (QED) is 0.786. The molecular formula is C18H15NO4S. The Morgan fingerprint density at radius 1 is 1.08 bits per heavy atom. The van der Waals surface area contributed by atoms with E-state index in [1.807, 2.05) is 13.8 Å². The van der Waals surface area contributed by atoms with E-state index in [9.17, 15) is 13.2 Å². The van der Waals surface area contributed by atoms with E-state index >= 15 is 0 Å². The molecule has 3 rings (SSSR count). The van der Waals surface area contributed by atoms with E-state index in [-0.39, 0.29) is 10.6 Å². The molecule has 0 radical (unpaired) electrons. The molecule has 24 heavy (non-hydrogen) atoms. The minimum Gasteiger partial charge on any atom is -0.427 e. The Balaban J connectivity index is 2.19. The highest BCUT2D eigenvalue weighted by molar-refractivity contribution is 7.93. The lowest BCUT2D eigenvalue weighted by Crippen LogP contribution is -2.41. The molecule has 0 spiro atoms. The molecule has 122 valence electrons. The van der Waals surface area contributed by atoms with E-state index in [1.165, 1.54) is 12.1 Å². The lowest BCUT2D eigenvalue weighted by Gasteiger charge is -2.31. The van der Waals surface area contributed by atoms with E-state index in [0.29, 0.717) is 9.87 Å². The normalized spacial score (nSPS) is 17.0. The van der Waals surface area contributed by atoms with Crippen LogP contribution < -0.4 is 4.31 Å². The molecule has 5 nitrogen and oxygen atoms in total. The summed E-state index contributed by atoms with van der Waals surface area (Å²) in [6.45, 7) is 3.70. The smallest absolute Gasteiger partial charge is 0.427 e. The van der Waals surface area contributed by atoms with Crippen LogP contribution in [0, 0.1) is 26.2 Å². The molecular weight excluding hydrogens is 326 g/mol. The zero-order valence-electron chi connectivity index (χ0n) is 13.2. The largest absolute Gasteiger partial charge is 0.430 e. The number of ether oxygens (including phenoxy) is 1. The lowest BCUT2D eigenvalue weighted by molar-refractivity contribution is 0.130. The van der Waals surface area contributed by atoms with Crippen molar-refractivity contribution in [1.82, 2.24) is 0 Å². The maximum Gasteiger partial charge on any atom is 0.430 e. The first kappa shape index (κ1) is 16.1. The van der Waals surface area contributed by atoms with Crippen LogP contribution in [0.1, 0.15) is 22.8 Å². The summed E-state index contributed by atoms with van der Waals surface area (Å²) in [5, 5.41) is 0. The molecule has 1 amide bonds. The second kappa shape index (κ2) is 5.69. The zero-order valence-corrected chi connectivity index (χ0v) is 14.0. The van der Waals surface area contributed by atoms with Crippen LogP contribution in [0.3, 0.4) is 0 Å². The maximum atomic E-state index is 12.9. The van der Waals surface area contributed by atoms with Crippen molar-refractivity contribution in [3.05, 3.63) is 59.2 Å². The number of benzene rings is 2. The first-order valence-electron chi connectivity index (χ1n) is 7.24. The number of carbonyl (C=O) groups is 1. The fraction of sp³-hybridized carbons (Fsp3) is 0.167. The van der Waals surface area contributed by atoms with Gasteiger partial charge in [-0.2, -0.15) is 4.31 Å². The second-order valence-corrected chi connectivity index (χ2v) is 7.36. The Hall–Kier alpha value is -2.78.